The van der Waals surface area contributed by atoms with E-state index < -0.39 is 16.4 Å². The molecule has 9 heteroatoms. The summed E-state index contributed by atoms with van der Waals surface area (Å²) in [6, 6.07) is 1.07. The Morgan fingerprint density at radius 1 is 1.16 bits per heavy atom. The van der Waals surface area contributed by atoms with Crippen LogP contribution in [0.5, 0.6) is 0 Å². The van der Waals surface area contributed by atoms with Gasteiger partial charge in [-0.3, -0.25) is 9.36 Å². The maximum Gasteiger partial charge on any atom is 0.295 e. The topological polar surface area (TPSA) is 65.8 Å². The van der Waals surface area contributed by atoms with Crippen molar-refractivity contribution in [3.8, 4) is 0 Å². The van der Waals surface area contributed by atoms with Crippen molar-refractivity contribution in [1.82, 2.24) is 9.55 Å². The highest BCUT2D eigenvalue weighted by atomic mass is 28.4. The summed E-state index contributed by atoms with van der Waals surface area (Å²) >= 11 is 0. The second kappa shape index (κ2) is 10.9. The standard InChI is InChI=1S/C23H45N3O4Si2/c1-10-20(30-32(8,9)23(2,3)4)19-17-26(18-29-15-16-31(5,6)7)22(27)21(24-19)25-11-13-28-14-12-25/h17,20H,10-16,18H2,1-9H3. The molecule has 1 unspecified atom stereocenters. The number of anilines is 1. The van der Waals surface area contributed by atoms with E-state index in [9.17, 15) is 4.79 Å². The second-order valence-corrected chi connectivity index (χ2v) is 21.9. The van der Waals surface area contributed by atoms with E-state index in [4.69, 9.17) is 18.9 Å². The van der Waals surface area contributed by atoms with Crippen molar-refractivity contribution in [2.75, 3.05) is 37.8 Å². The van der Waals surface area contributed by atoms with Crippen LogP contribution in [0.25, 0.3) is 0 Å². The van der Waals surface area contributed by atoms with Crippen LogP contribution in [0.1, 0.15) is 45.9 Å². The van der Waals surface area contributed by atoms with Crippen LogP contribution in [0.2, 0.25) is 43.8 Å². The molecule has 0 saturated carbocycles. The lowest BCUT2D eigenvalue weighted by Crippen LogP contribution is -2.43. The molecule has 0 radical (unpaired) electrons. The average Bonchev–Trinajstić information content (AvgIpc) is 2.69. The number of hydrogen-bond donors (Lipinski definition) is 0. The molecule has 1 aromatic rings. The molecule has 0 amide bonds. The molecule has 0 aromatic carbocycles. The molecule has 0 aliphatic carbocycles. The maximum absolute atomic E-state index is 13.3. The molecule has 32 heavy (non-hydrogen) atoms. The molecule has 1 atom stereocenters. The Balaban J connectivity index is 2.36. The van der Waals surface area contributed by atoms with Gasteiger partial charge in [0.1, 0.15) is 6.73 Å². The monoisotopic (exact) mass is 483 g/mol. The molecule has 1 saturated heterocycles. The molecular weight excluding hydrogens is 438 g/mol. The smallest absolute Gasteiger partial charge is 0.295 e. The fourth-order valence-corrected chi connectivity index (χ4v) is 5.31. The van der Waals surface area contributed by atoms with Crippen molar-refractivity contribution >= 4 is 22.2 Å². The molecule has 0 spiro atoms. The van der Waals surface area contributed by atoms with Crippen LogP contribution in [0.15, 0.2) is 11.0 Å². The van der Waals surface area contributed by atoms with E-state index in [0.717, 1.165) is 18.2 Å². The van der Waals surface area contributed by atoms with Crippen LogP contribution in [0.3, 0.4) is 0 Å². The Kier molecular flexibility index (Phi) is 9.32. The van der Waals surface area contributed by atoms with Crippen molar-refractivity contribution in [3.63, 3.8) is 0 Å². The third kappa shape index (κ3) is 7.51. The van der Waals surface area contributed by atoms with Gasteiger partial charge in [-0.15, -0.1) is 0 Å². The molecule has 2 rings (SSSR count). The minimum Gasteiger partial charge on any atom is -0.408 e. The van der Waals surface area contributed by atoms with Gasteiger partial charge in [0.15, 0.2) is 14.1 Å². The lowest BCUT2D eigenvalue weighted by molar-refractivity contribution is 0.0832. The summed E-state index contributed by atoms with van der Waals surface area (Å²) in [6.45, 7) is 23.8. The Morgan fingerprint density at radius 2 is 1.78 bits per heavy atom. The summed E-state index contributed by atoms with van der Waals surface area (Å²) < 4.78 is 19.8. The highest BCUT2D eigenvalue weighted by molar-refractivity contribution is 6.76. The van der Waals surface area contributed by atoms with E-state index in [1.807, 2.05) is 11.1 Å². The van der Waals surface area contributed by atoms with Gasteiger partial charge >= 0.3 is 0 Å². The predicted octanol–water partition coefficient (Wildman–Crippen LogP) is 4.87. The highest BCUT2D eigenvalue weighted by Crippen LogP contribution is 2.40. The fourth-order valence-electron chi connectivity index (χ4n) is 3.20. The van der Waals surface area contributed by atoms with E-state index >= 15 is 0 Å². The van der Waals surface area contributed by atoms with Gasteiger partial charge in [0, 0.05) is 34.0 Å². The lowest BCUT2D eigenvalue weighted by Gasteiger charge is -2.39. The van der Waals surface area contributed by atoms with Crippen LogP contribution >= 0.6 is 0 Å². The molecule has 0 N–H and O–H groups in total. The van der Waals surface area contributed by atoms with E-state index in [1.165, 1.54) is 0 Å². The zero-order valence-corrected chi connectivity index (χ0v) is 23.8. The molecular formula is C23H45N3O4Si2. The van der Waals surface area contributed by atoms with Crippen molar-refractivity contribution in [1.29, 1.82) is 0 Å². The van der Waals surface area contributed by atoms with Crippen LogP contribution in [0.4, 0.5) is 5.82 Å². The minimum atomic E-state index is -2.00. The number of morpholine rings is 1. The van der Waals surface area contributed by atoms with Gasteiger partial charge < -0.3 is 18.8 Å². The lowest BCUT2D eigenvalue weighted by atomic mass is 10.2. The fraction of sp³-hybridized carbons (Fsp3) is 0.826. The SMILES string of the molecule is CCC(O[Si](C)(C)C(C)(C)C)c1cn(COCC[Si](C)(C)C)c(=O)c(N2CCOCC2)n1. The second-order valence-electron chi connectivity index (χ2n) is 11.5. The number of hydrogen-bond acceptors (Lipinski definition) is 6. The van der Waals surface area contributed by atoms with Gasteiger partial charge in [-0.1, -0.05) is 47.3 Å². The molecule has 1 fully saturated rings. The number of ether oxygens (including phenoxy) is 2. The summed E-state index contributed by atoms with van der Waals surface area (Å²) in [5.41, 5.74) is 0.707. The first kappa shape index (κ1) is 27.2. The van der Waals surface area contributed by atoms with Crippen molar-refractivity contribution in [3.05, 3.63) is 22.2 Å². The average molecular weight is 484 g/mol. The van der Waals surface area contributed by atoms with Crippen LogP contribution in [-0.4, -0.2) is 58.9 Å². The van der Waals surface area contributed by atoms with Crippen LogP contribution < -0.4 is 10.5 Å². The number of nitrogens with zero attached hydrogens (tertiary/aromatic N) is 3. The summed E-state index contributed by atoms with van der Waals surface area (Å²) in [7, 11) is -3.19. The molecule has 184 valence electrons. The maximum atomic E-state index is 13.3. The number of rotatable bonds is 10. The zero-order chi connectivity index (χ0) is 24.2. The van der Waals surface area contributed by atoms with Gasteiger partial charge in [0.25, 0.3) is 5.56 Å². The molecule has 1 aromatic heterocycles. The van der Waals surface area contributed by atoms with E-state index in [-0.39, 0.29) is 23.4 Å². The first-order chi connectivity index (χ1) is 14.7. The predicted molar refractivity (Wildman–Crippen MR) is 137 cm³/mol. The van der Waals surface area contributed by atoms with Gasteiger partial charge in [0.05, 0.1) is 25.0 Å². The Bertz CT molecular complexity index is 794. The zero-order valence-electron chi connectivity index (χ0n) is 21.8. The molecule has 1 aliphatic rings. The third-order valence-corrected chi connectivity index (χ3v) is 12.6. The number of aromatic nitrogens is 2. The molecule has 0 bridgehead atoms. The van der Waals surface area contributed by atoms with Gasteiger partial charge in [0.2, 0.25) is 0 Å². The molecule has 7 nitrogen and oxygen atoms in total. The largest absolute Gasteiger partial charge is 0.408 e. The summed E-state index contributed by atoms with van der Waals surface area (Å²) in [6.07, 6.45) is 2.50. The van der Waals surface area contributed by atoms with Crippen LogP contribution in [0, 0.1) is 0 Å². The Hall–Kier alpha value is -1.01. The summed E-state index contributed by atoms with van der Waals surface area (Å²) in [5, 5.41) is 0.0991. The van der Waals surface area contributed by atoms with Gasteiger partial charge in [-0.25, -0.2) is 4.98 Å². The van der Waals surface area contributed by atoms with Gasteiger partial charge in [-0.05, 0) is 30.6 Å². The molecule has 2 heterocycles. The Labute approximate surface area is 196 Å². The van der Waals surface area contributed by atoms with Crippen LogP contribution in [-0.2, 0) is 20.6 Å². The quantitative estimate of drug-likeness (QED) is 0.350. The first-order valence-electron chi connectivity index (χ1n) is 11.9. The van der Waals surface area contributed by atoms with Crippen molar-refractivity contribution < 1.29 is 13.9 Å². The summed E-state index contributed by atoms with van der Waals surface area (Å²) in [5.74, 6) is 0.483. The van der Waals surface area contributed by atoms with E-state index in [1.54, 1.807) is 4.57 Å². The normalized spacial score (nSPS) is 17.0. The van der Waals surface area contributed by atoms with E-state index in [2.05, 4.69) is 60.4 Å². The van der Waals surface area contributed by atoms with Gasteiger partial charge in [-0.2, -0.15) is 0 Å². The Morgan fingerprint density at radius 3 is 2.31 bits per heavy atom. The minimum absolute atomic E-state index is 0.0991. The third-order valence-electron chi connectivity index (χ3n) is 6.46. The van der Waals surface area contributed by atoms with Crippen molar-refractivity contribution in [2.45, 2.75) is 90.8 Å². The van der Waals surface area contributed by atoms with Crippen molar-refractivity contribution in [2.24, 2.45) is 0 Å². The summed E-state index contributed by atoms with van der Waals surface area (Å²) in [4.78, 5) is 20.2. The van der Waals surface area contributed by atoms with E-state index in [0.29, 0.717) is 38.7 Å². The molecule has 1 aliphatic heterocycles. The first-order valence-corrected chi connectivity index (χ1v) is 18.6. The highest BCUT2D eigenvalue weighted by Gasteiger charge is 2.39.